The molecule has 8 heavy (non-hydrogen) atoms. The van der Waals surface area contributed by atoms with Crippen LogP contribution in [0.4, 0.5) is 0 Å². The largest absolute Gasteiger partial charge is 0.392 e. The van der Waals surface area contributed by atoms with E-state index in [9.17, 15) is 0 Å². The van der Waals surface area contributed by atoms with Crippen LogP contribution in [-0.2, 0) is 0 Å². The molecule has 1 nitrogen and oxygen atoms in total. The van der Waals surface area contributed by atoms with Crippen molar-refractivity contribution < 1.29 is 5.11 Å². The van der Waals surface area contributed by atoms with Gasteiger partial charge in [-0.15, -0.1) is 0 Å². The monoisotopic (exact) mass is 132 g/mol. The molecule has 0 unspecified atom stereocenters. The first-order chi connectivity index (χ1) is 3.81. The molecule has 46 valence electrons. The summed E-state index contributed by atoms with van der Waals surface area (Å²) >= 11 is 5.51. The molecular weight excluding hydrogens is 124 g/mol. The third-order valence-electron chi connectivity index (χ3n) is 0.658. The van der Waals surface area contributed by atoms with Gasteiger partial charge < -0.3 is 5.11 Å². The summed E-state index contributed by atoms with van der Waals surface area (Å²) in [4.78, 5) is 0. The summed E-state index contributed by atoms with van der Waals surface area (Å²) in [6.07, 6.45) is 5.00. The van der Waals surface area contributed by atoms with Gasteiger partial charge in [0.05, 0.1) is 6.61 Å². The number of hydrogen-bond acceptors (Lipinski definition) is 1. The minimum absolute atomic E-state index is 0.0457. The Labute approximate surface area is 54.3 Å². The molecule has 0 aromatic carbocycles. The number of aliphatic hydroxyl groups excluding tert-OH is 1. The highest BCUT2D eigenvalue weighted by molar-refractivity contribution is 6.31. The molecule has 0 spiro atoms. The van der Waals surface area contributed by atoms with E-state index in [4.69, 9.17) is 16.7 Å². The van der Waals surface area contributed by atoms with Gasteiger partial charge in [-0.2, -0.15) is 0 Å². The molecule has 0 atom stereocenters. The Bertz CT molecular complexity index is 105. The van der Waals surface area contributed by atoms with Crippen LogP contribution in [0.3, 0.4) is 0 Å². The maximum absolute atomic E-state index is 8.24. The summed E-state index contributed by atoms with van der Waals surface area (Å²) in [6.45, 7) is 1.88. The third kappa shape index (κ3) is 3.90. The van der Waals surface area contributed by atoms with E-state index < -0.39 is 0 Å². The molecular formula is C6H9ClO. The van der Waals surface area contributed by atoms with Crippen LogP contribution in [-0.4, -0.2) is 11.7 Å². The lowest BCUT2D eigenvalue weighted by Crippen LogP contribution is -1.69. The minimum atomic E-state index is 0.0457. The highest BCUT2D eigenvalue weighted by Gasteiger charge is 1.75. The first-order valence-corrected chi connectivity index (χ1v) is 2.78. The van der Waals surface area contributed by atoms with Gasteiger partial charge in [0.25, 0.3) is 0 Å². The average molecular weight is 133 g/mol. The lowest BCUT2D eigenvalue weighted by atomic mass is 10.4. The first-order valence-electron chi connectivity index (χ1n) is 2.40. The van der Waals surface area contributed by atoms with Crippen LogP contribution in [0.15, 0.2) is 23.3 Å². The highest BCUT2D eigenvalue weighted by Crippen LogP contribution is 2.00. The minimum Gasteiger partial charge on any atom is -0.392 e. The second-order valence-corrected chi connectivity index (χ2v) is 1.69. The molecule has 0 amide bonds. The van der Waals surface area contributed by atoms with E-state index in [0.717, 1.165) is 0 Å². The molecule has 0 rings (SSSR count). The predicted molar refractivity (Wildman–Crippen MR) is 35.8 cm³/mol. The van der Waals surface area contributed by atoms with E-state index in [1.807, 2.05) is 6.92 Å². The maximum Gasteiger partial charge on any atom is 0.0615 e. The molecule has 0 radical (unpaired) electrons. The van der Waals surface area contributed by atoms with Crippen LogP contribution in [0.5, 0.6) is 0 Å². The number of halogens is 1. The second-order valence-electron chi connectivity index (χ2n) is 1.26. The zero-order valence-electron chi connectivity index (χ0n) is 4.76. The van der Waals surface area contributed by atoms with Crippen molar-refractivity contribution >= 4 is 11.6 Å². The highest BCUT2D eigenvalue weighted by atomic mass is 35.5. The fourth-order valence-electron chi connectivity index (χ4n) is 0.262. The Balaban J connectivity index is 3.53. The van der Waals surface area contributed by atoms with Crippen molar-refractivity contribution in [2.45, 2.75) is 6.92 Å². The molecule has 0 saturated carbocycles. The smallest absolute Gasteiger partial charge is 0.0615 e. The lowest BCUT2D eigenvalue weighted by Gasteiger charge is -1.81. The van der Waals surface area contributed by atoms with Crippen molar-refractivity contribution in [3.05, 3.63) is 23.3 Å². The second kappa shape index (κ2) is 4.88. The molecule has 2 heteroatoms. The summed E-state index contributed by atoms with van der Waals surface area (Å²) in [5, 5.41) is 8.89. The average Bonchev–Trinajstić information content (AvgIpc) is 1.83. The number of rotatable bonds is 2. The molecule has 0 bridgehead atoms. The zero-order valence-corrected chi connectivity index (χ0v) is 5.52. The Morgan fingerprint density at radius 2 is 2.38 bits per heavy atom. The summed E-state index contributed by atoms with van der Waals surface area (Å²) in [6, 6.07) is 0. The summed E-state index contributed by atoms with van der Waals surface area (Å²) in [5.74, 6) is 0. The van der Waals surface area contributed by atoms with Crippen molar-refractivity contribution in [1.29, 1.82) is 0 Å². The van der Waals surface area contributed by atoms with E-state index in [1.54, 1.807) is 18.2 Å². The van der Waals surface area contributed by atoms with Gasteiger partial charge in [-0.3, -0.25) is 0 Å². The van der Waals surface area contributed by atoms with Gasteiger partial charge in [0, 0.05) is 5.03 Å². The zero-order chi connectivity index (χ0) is 6.41. The van der Waals surface area contributed by atoms with Crippen molar-refractivity contribution in [3.8, 4) is 0 Å². The Kier molecular flexibility index (Phi) is 4.71. The molecule has 0 aliphatic heterocycles. The van der Waals surface area contributed by atoms with Gasteiger partial charge >= 0.3 is 0 Å². The molecule has 0 aromatic heterocycles. The predicted octanol–water partition coefficient (Wildman–Crippen LogP) is 1.68. The van der Waals surface area contributed by atoms with Crippen LogP contribution in [0.1, 0.15) is 6.92 Å². The summed E-state index contributed by atoms with van der Waals surface area (Å²) in [7, 11) is 0. The van der Waals surface area contributed by atoms with Crippen LogP contribution in [0.2, 0.25) is 0 Å². The molecule has 0 aliphatic carbocycles. The quantitative estimate of drug-likeness (QED) is 0.567. The fraction of sp³-hybridized carbons (Fsp3) is 0.333. The fourth-order valence-corrected chi connectivity index (χ4v) is 0.351. The molecule has 0 fully saturated rings. The maximum atomic E-state index is 8.24. The van der Waals surface area contributed by atoms with Crippen molar-refractivity contribution in [3.63, 3.8) is 0 Å². The standard InChI is InChI=1S/C6H9ClO/c1-2-6(7)4-3-5-8/h2-4,8H,5H2,1H3. The van der Waals surface area contributed by atoms with Crippen LogP contribution >= 0.6 is 11.6 Å². The van der Waals surface area contributed by atoms with Crippen LogP contribution in [0, 0.1) is 0 Å². The van der Waals surface area contributed by atoms with Crippen molar-refractivity contribution in [2.75, 3.05) is 6.61 Å². The molecule has 0 aliphatic rings. The van der Waals surface area contributed by atoms with E-state index in [1.165, 1.54) is 0 Å². The van der Waals surface area contributed by atoms with Gasteiger partial charge in [-0.25, -0.2) is 0 Å². The third-order valence-corrected chi connectivity index (χ3v) is 1.00. The van der Waals surface area contributed by atoms with Crippen LogP contribution in [0.25, 0.3) is 0 Å². The Hall–Kier alpha value is -0.270. The number of hydrogen-bond donors (Lipinski definition) is 1. The Morgan fingerprint density at radius 3 is 2.75 bits per heavy atom. The van der Waals surface area contributed by atoms with E-state index in [2.05, 4.69) is 0 Å². The first kappa shape index (κ1) is 7.73. The summed E-state index contributed by atoms with van der Waals surface area (Å²) in [5.41, 5.74) is 0. The van der Waals surface area contributed by atoms with Gasteiger partial charge in [-0.1, -0.05) is 23.8 Å². The molecule has 0 aromatic rings. The van der Waals surface area contributed by atoms with E-state index >= 15 is 0 Å². The topological polar surface area (TPSA) is 20.2 Å². The molecule has 0 heterocycles. The SMILES string of the molecule is CC=C(Cl)C=CCO. The van der Waals surface area contributed by atoms with Gasteiger partial charge in [0.15, 0.2) is 0 Å². The number of aliphatic hydroxyl groups is 1. The van der Waals surface area contributed by atoms with Crippen LogP contribution < -0.4 is 0 Å². The van der Waals surface area contributed by atoms with Gasteiger partial charge in [0.2, 0.25) is 0 Å². The van der Waals surface area contributed by atoms with E-state index in [-0.39, 0.29) is 6.61 Å². The lowest BCUT2D eigenvalue weighted by molar-refractivity contribution is 0.342. The summed E-state index contributed by atoms with van der Waals surface area (Å²) < 4.78 is 0. The molecule has 0 saturated heterocycles. The normalized spacial score (nSPS) is 13.1. The van der Waals surface area contributed by atoms with Crippen molar-refractivity contribution in [2.24, 2.45) is 0 Å². The van der Waals surface area contributed by atoms with E-state index in [0.29, 0.717) is 5.03 Å². The van der Waals surface area contributed by atoms with Gasteiger partial charge in [0.1, 0.15) is 0 Å². The van der Waals surface area contributed by atoms with Crippen molar-refractivity contribution in [1.82, 2.24) is 0 Å². The number of allylic oxidation sites excluding steroid dienone is 3. The van der Waals surface area contributed by atoms with Gasteiger partial charge in [-0.05, 0) is 13.0 Å². The Morgan fingerprint density at radius 1 is 1.75 bits per heavy atom. The molecule has 1 N–H and O–H groups in total.